The summed E-state index contributed by atoms with van der Waals surface area (Å²) in [7, 11) is 1.43. The number of rotatable bonds is 3. The molecule has 0 amide bonds. The Morgan fingerprint density at radius 3 is 3.06 bits per heavy atom. The lowest BCUT2D eigenvalue weighted by Crippen LogP contribution is -2.28. The minimum atomic E-state index is -0.195. The van der Waals surface area contributed by atoms with Gasteiger partial charge in [-0.1, -0.05) is 18.2 Å². The zero-order valence-corrected chi connectivity index (χ0v) is 11.1. The number of esters is 1. The quantitative estimate of drug-likeness (QED) is 0.720. The molecule has 0 aromatic heterocycles. The summed E-state index contributed by atoms with van der Waals surface area (Å²) < 4.78 is 10.6. The van der Waals surface area contributed by atoms with E-state index >= 15 is 0 Å². The van der Waals surface area contributed by atoms with Crippen LogP contribution in [-0.4, -0.2) is 19.7 Å². The predicted molar refractivity (Wildman–Crippen MR) is 69.8 cm³/mol. The molecular weight excluding hydrogens is 228 g/mol. The molecule has 2 rings (SSSR count). The number of ether oxygens (including phenoxy) is 2. The average Bonchev–Trinajstić information content (AvgIpc) is 2.42. The largest absolute Gasteiger partial charge is 0.497 e. The number of methoxy groups -OCH3 is 1. The Balaban J connectivity index is 2.23. The van der Waals surface area contributed by atoms with Crippen LogP contribution < -0.4 is 0 Å². The second-order valence-corrected chi connectivity index (χ2v) is 4.97. The fraction of sp³-hybridized carbons (Fsp3) is 0.533. The van der Waals surface area contributed by atoms with E-state index in [1.54, 1.807) is 0 Å². The Bertz CT molecular complexity index is 417. The highest BCUT2D eigenvalue weighted by Crippen LogP contribution is 2.44. The van der Waals surface area contributed by atoms with E-state index in [0.29, 0.717) is 6.42 Å². The van der Waals surface area contributed by atoms with Crippen LogP contribution in [0, 0.1) is 5.41 Å². The van der Waals surface area contributed by atoms with Crippen LogP contribution in [0.25, 0.3) is 0 Å². The van der Waals surface area contributed by atoms with Gasteiger partial charge in [0.2, 0.25) is 0 Å². The van der Waals surface area contributed by atoms with Crippen molar-refractivity contribution < 1.29 is 14.3 Å². The Labute approximate surface area is 108 Å². The van der Waals surface area contributed by atoms with E-state index in [0.717, 1.165) is 37.2 Å². The number of allylic oxidation sites excluding steroid dienone is 5. The molecule has 0 bridgehead atoms. The molecule has 0 fully saturated rings. The topological polar surface area (TPSA) is 35.5 Å². The lowest BCUT2D eigenvalue weighted by atomic mass is 9.73. The monoisotopic (exact) mass is 248 g/mol. The third kappa shape index (κ3) is 2.50. The molecule has 3 heteroatoms. The highest BCUT2D eigenvalue weighted by atomic mass is 16.5. The molecule has 1 aliphatic heterocycles. The van der Waals surface area contributed by atoms with E-state index in [1.807, 2.05) is 12.2 Å². The van der Waals surface area contributed by atoms with Crippen LogP contribution >= 0.6 is 0 Å². The second kappa shape index (κ2) is 5.42. The van der Waals surface area contributed by atoms with Gasteiger partial charge in [0.15, 0.2) is 0 Å². The van der Waals surface area contributed by atoms with E-state index < -0.39 is 0 Å². The van der Waals surface area contributed by atoms with Gasteiger partial charge in [-0.3, -0.25) is 4.79 Å². The van der Waals surface area contributed by atoms with Crippen molar-refractivity contribution in [2.45, 2.75) is 32.6 Å². The first-order valence-electron chi connectivity index (χ1n) is 6.43. The van der Waals surface area contributed by atoms with E-state index in [2.05, 4.69) is 19.1 Å². The van der Waals surface area contributed by atoms with Crippen molar-refractivity contribution in [3.8, 4) is 0 Å². The first kappa shape index (κ1) is 12.9. The molecular formula is C15H20O3. The van der Waals surface area contributed by atoms with Crippen LogP contribution in [0.4, 0.5) is 0 Å². The molecule has 0 aromatic carbocycles. The van der Waals surface area contributed by atoms with E-state index in [-0.39, 0.29) is 11.4 Å². The number of hydrogen-bond acceptors (Lipinski definition) is 3. The number of hydrogen-bond donors (Lipinski definition) is 0. The molecule has 1 heterocycles. The summed E-state index contributed by atoms with van der Waals surface area (Å²) in [5.74, 6) is 0.812. The van der Waals surface area contributed by atoms with Crippen molar-refractivity contribution in [3.05, 3.63) is 35.6 Å². The molecule has 1 atom stereocenters. The predicted octanol–water partition coefficient (Wildman–Crippen LogP) is 3.14. The minimum absolute atomic E-state index is 0.191. The molecule has 18 heavy (non-hydrogen) atoms. The summed E-state index contributed by atoms with van der Waals surface area (Å²) in [6, 6.07) is 0. The van der Waals surface area contributed by atoms with Crippen molar-refractivity contribution in [2.75, 3.05) is 13.7 Å². The van der Waals surface area contributed by atoms with Crippen LogP contribution in [0.2, 0.25) is 0 Å². The first-order chi connectivity index (χ1) is 8.66. The Kier molecular flexibility index (Phi) is 3.90. The summed E-state index contributed by atoms with van der Waals surface area (Å²) in [6.07, 6.45) is 11.6. The second-order valence-electron chi connectivity index (χ2n) is 4.97. The Hall–Kier alpha value is -1.51. The molecule has 98 valence electrons. The van der Waals surface area contributed by atoms with E-state index in [1.165, 1.54) is 7.11 Å². The molecule has 0 spiro atoms. The molecule has 1 unspecified atom stereocenters. The highest BCUT2D eigenvalue weighted by molar-refractivity contribution is 5.73. The summed E-state index contributed by atoms with van der Waals surface area (Å²) >= 11 is 0. The fourth-order valence-corrected chi connectivity index (χ4v) is 2.49. The van der Waals surface area contributed by atoms with Crippen LogP contribution in [0.3, 0.4) is 0 Å². The van der Waals surface area contributed by atoms with Gasteiger partial charge in [0.25, 0.3) is 0 Å². The maximum atomic E-state index is 11.5. The summed E-state index contributed by atoms with van der Waals surface area (Å²) in [4.78, 5) is 11.5. The molecule has 0 saturated carbocycles. The Morgan fingerprint density at radius 2 is 2.39 bits per heavy atom. The minimum Gasteiger partial charge on any atom is -0.497 e. The van der Waals surface area contributed by atoms with Crippen LogP contribution in [0.15, 0.2) is 35.6 Å². The van der Waals surface area contributed by atoms with Gasteiger partial charge in [0.1, 0.15) is 5.76 Å². The third-order valence-corrected chi connectivity index (χ3v) is 3.71. The first-order valence-corrected chi connectivity index (χ1v) is 6.43. The van der Waals surface area contributed by atoms with Crippen LogP contribution in [-0.2, 0) is 14.3 Å². The number of carbonyl (C=O) groups excluding carboxylic acids is 1. The van der Waals surface area contributed by atoms with Gasteiger partial charge in [0, 0.05) is 5.41 Å². The molecule has 1 aliphatic carbocycles. The average molecular weight is 248 g/mol. The lowest BCUT2D eigenvalue weighted by molar-refractivity contribution is -0.140. The standard InChI is InChI=1S/C15H20O3/c1-15(13-8-4-6-10-18-13)9-5-3-7-12(15)11-14(16)17-2/h3,5,7-8H,4,6,9-11H2,1-2H3. The summed E-state index contributed by atoms with van der Waals surface area (Å²) in [5, 5.41) is 0. The van der Waals surface area contributed by atoms with Gasteiger partial charge in [-0.05, 0) is 37.8 Å². The van der Waals surface area contributed by atoms with Gasteiger partial charge < -0.3 is 9.47 Å². The van der Waals surface area contributed by atoms with Gasteiger partial charge in [-0.15, -0.1) is 0 Å². The number of carbonyl (C=O) groups is 1. The molecule has 2 aliphatic rings. The molecule has 0 N–H and O–H groups in total. The molecule has 0 aromatic rings. The highest BCUT2D eigenvalue weighted by Gasteiger charge is 2.36. The van der Waals surface area contributed by atoms with Gasteiger partial charge in [-0.25, -0.2) is 0 Å². The van der Waals surface area contributed by atoms with Crippen molar-refractivity contribution >= 4 is 5.97 Å². The van der Waals surface area contributed by atoms with Crippen LogP contribution in [0.5, 0.6) is 0 Å². The molecule has 3 nitrogen and oxygen atoms in total. The smallest absolute Gasteiger partial charge is 0.309 e. The third-order valence-electron chi connectivity index (χ3n) is 3.71. The van der Waals surface area contributed by atoms with E-state index in [4.69, 9.17) is 9.47 Å². The van der Waals surface area contributed by atoms with Crippen molar-refractivity contribution in [1.82, 2.24) is 0 Å². The molecule has 0 saturated heterocycles. The van der Waals surface area contributed by atoms with Gasteiger partial charge in [0.05, 0.1) is 20.1 Å². The Morgan fingerprint density at radius 1 is 1.56 bits per heavy atom. The molecule has 0 radical (unpaired) electrons. The maximum Gasteiger partial charge on any atom is 0.309 e. The van der Waals surface area contributed by atoms with Gasteiger partial charge >= 0.3 is 5.97 Å². The summed E-state index contributed by atoms with van der Waals surface area (Å²) in [5.41, 5.74) is 0.883. The lowest BCUT2D eigenvalue weighted by Gasteiger charge is -2.36. The van der Waals surface area contributed by atoms with Crippen molar-refractivity contribution in [3.63, 3.8) is 0 Å². The van der Waals surface area contributed by atoms with Gasteiger partial charge in [-0.2, -0.15) is 0 Å². The van der Waals surface area contributed by atoms with E-state index in [9.17, 15) is 4.79 Å². The maximum absolute atomic E-state index is 11.5. The SMILES string of the molecule is COC(=O)CC1=CC=CCC1(C)C1=CCCCO1. The van der Waals surface area contributed by atoms with Crippen molar-refractivity contribution in [2.24, 2.45) is 5.41 Å². The fourth-order valence-electron chi connectivity index (χ4n) is 2.49. The summed E-state index contributed by atoms with van der Waals surface area (Å²) in [6.45, 7) is 2.92. The zero-order valence-electron chi connectivity index (χ0n) is 11.1. The normalized spacial score (nSPS) is 27.0. The van der Waals surface area contributed by atoms with Crippen LogP contribution in [0.1, 0.15) is 32.6 Å². The van der Waals surface area contributed by atoms with Crippen molar-refractivity contribution in [1.29, 1.82) is 0 Å². The zero-order chi connectivity index (χ0) is 13.0.